The molecule has 3 saturated carbocycles. The molecule has 0 saturated heterocycles. The van der Waals surface area contributed by atoms with Crippen LogP contribution in [0, 0.1) is 17.3 Å². The first-order chi connectivity index (χ1) is 14.9. The van der Waals surface area contributed by atoms with Crippen LogP contribution in [0.25, 0.3) is 0 Å². The molecular formula is C30H48O. The lowest BCUT2D eigenvalue weighted by Gasteiger charge is -2.42. The van der Waals surface area contributed by atoms with E-state index in [4.69, 9.17) is 0 Å². The fourth-order valence-electron chi connectivity index (χ4n) is 5.99. The Hall–Kier alpha value is -1.34. The summed E-state index contributed by atoms with van der Waals surface area (Å²) in [5, 5.41) is 9.90. The second kappa shape index (κ2) is 12.0. The zero-order valence-electron chi connectivity index (χ0n) is 20.9. The number of fused-ring (bicyclic) bond motifs is 1. The van der Waals surface area contributed by atoms with Crippen molar-refractivity contribution in [1.82, 2.24) is 0 Å². The van der Waals surface area contributed by atoms with Gasteiger partial charge < -0.3 is 5.11 Å². The predicted molar refractivity (Wildman–Crippen MR) is 137 cm³/mol. The number of hydrogen-bond acceptors (Lipinski definition) is 1. The smallest absolute Gasteiger partial charge is 0.0591 e. The largest absolute Gasteiger partial charge is 0.390 e. The van der Waals surface area contributed by atoms with Crippen molar-refractivity contribution in [3.05, 3.63) is 60.3 Å². The van der Waals surface area contributed by atoms with Crippen LogP contribution in [-0.4, -0.2) is 10.7 Å². The third kappa shape index (κ3) is 6.82. The van der Waals surface area contributed by atoms with Crippen molar-refractivity contribution in [2.24, 2.45) is 17.3 Å². The first-order valence-electron chi connectivity index (χ1n) is 13.0. The van der Waals surface area contributed by atoms with Gasteiger partial charge in [0.2, 0.25) is 0 Å². The molecule has 3 aliphatic carbocycles. The van der Waals surface area contributed by atoms with Gasteiger partial charge in [-0.1, -0.05) is 62.0 Å². The zero-order valence-corrected chi connectivity index (χ0v) is 20.9. The second-order valence-electron chi connectivity index (χ2n) is 10.3. The molecule has 3 unspecified atom stereocenters. The van der Waals surface area contributed by atoms with Crippen molar-refractivity contribution in [2.45, 2.75) is 110 Å². The monoisotopic (exact) mass is 424 g/mol. The van der Waals surface area contributed by atoms with E-state index in [9.17, 15) is 5.11 Å². The summed E-state index contributed by atoms with van der Waals surface area (Å²) in [4.78, 5) is 0. The van der Waals surface area contributed by atoms with Crippen LogP contribution < -0.4 is 0 Å². The maximum absolute atomic E-state index is 9.90. The maximum atomic E-state index is 9.90. The quantitative estimate of drug-likeness (QED) is 0.319. The molecule has 174 valence electrons. The number of unbranched alkanes of at least 4 members (excludes halogenated alkanes) is 1. The summed E-state index contributed by atoms with van der Waals surface area (Å²) in [5.41, 5.74) is 4.20. The molecule has 1 heteroatoms. The van der Waals surface area contributed by atoms with Crippen molar-refractivity contribution in [3.8, 4) is 0 Å². The molecule has 0 spiro atoms. The zero-order chi connectivity index (χ0) is 22.9. The van der Waals surface area contributed by atoms with Gasteiger partial charge in [0.25, 0.3) is 0 Å². The highest BCUT2D eigenvalue weighted by Crippen LogP contribution is 2.58. The molecule has 0 aromatic heterocycles. The third-order valence-electron chi connectivity index (χ3n) is 7.66. The summed E-state index contributed by atoms with van der Waals surface area (Å²) >= 11 is 0. The van der Waals surface area contributed by atoms with Gasteiger partial charge in [-0.3, -0.25) is 0 Å². The summed E-state index contributed by atoms with van der Waals surface area (Å²) in [6.07, 6.45) is 26.4. The Morgan fingerprint density at radius 3 is 2.48 bits per heavy atom. The van der Waals surface area contributed by atoms with Crippen LogP contribution in [0.2, 0.25) is 0 Å². The molecule has 3 atom stereocenters. The minimum atomic E-state index is -0.546. The standard InChI is InChI=1S/C28H42O.C2H6/c1-5-28-21-11-14-24(17-16-23-13-9-8-12-22(23)2)26(28)19-18-25(28)15-7-6-10-20-27(3,4)29;1-2/h5,7,15-17,25-26,29H,1-2,6,8-14,18-21H2,3-4H3;1-2H3/b15-7?,23-16-,24-17+;. The summed E-state index contributed by atoms with van der Waals surface area (Å²) in [5.74, 6) is 1.28. The minimum absolute atomic E-state index is 0.249. The minimum Gasteiger partial charge on any atom is -0.390 e. The lowest BCUT2D eigenvalue weighted by molar-refractivity contribution is 0.0691. The number of aliphatic hydroxyl groups is 1. The number of allylic oxidation sites excluding steroid dienone is 8. The molecule has 0 aliphatic heterocycles. The Morgan fingerprint density at radius 1 is 1.06 bits per heavy atom. The van der Waals surface area contributed by atoms with Crippen LogP contribution in [-0.2, 0) is 0 Å². The van der Waals surface area contributed by atoms with E-state index in [2.05, 4.69) is 43.5 Å². The molecule has 0 bridgehead atoms. The molecule has 1 N–H and O–H groups in total. The molecular weight excluding hydrogens is 376 g/mol. The third-order valence-corrected chi connectivity index (χ3v) is 7.66. The molecule has 0 amide bonds. The SMILES string of the molecule is C=CC12CCC/C(=C\C=C3\CCCCC3=C)C1CCC2C=CCCCC(C)(C)O.CC. The van der Waals surface area contributed by atoms with Crippen molar-refractivity contribution in [3.63, 3.8) is 0 Å². The molecule has 0 aromatic carbocycles. The molecule has 0 aromatic rings. The highest BCUT2D eigenvalue weighted by atomic mass is 16.3. The van der Waals surface area contributed by atoms with Gasteiger partial charge >= 0.3 is 0 Å². The Balaban J connectivity index is 0.00000166. The normalized spacial score (nSPS) is 31.6. The van der Waals surface area contributed by atoms with Crippen molar-refractivity contribution in [1.29, 1.82) is 0 Å². The van der Waals surface area contributed by atoms with Gasteiger partial charge in [-0.2, -0.15) is 0 Å². The average Bonchev–Trinajstić information content (AvgIpc) is 3.13. The van der Waals surface area contributed by atoms with Gasteiger partial charge in [-0.25, -0.2) is 0 Å². The Kier molecular flexibility index (Phi) is 10.1. The molecule has 0 radical (unpaired) electrons. The topological polar surface area (TPSA) is 20.2 Å². The molecule has 3 rings (SSSR count). The van der Waals surface area contributed by atoms with Crippen LogP contribution >= 0.6 is 0 Å². The lowest BCUT2D eigenvalue weighted by Crippen LogP contribution is -2.33. The van der Waals surface area contributed by atoms with Gasteiger partial charge in [0.1, 0.15) is 0 Å². The summed E-state index contributed by atoms with van der Waals surface area (Å²) in [7, 11) is 0. The lowest BCUT2D eigenvalue weighted by atomic mass is 9.62. The highest BCUT2D eigenvalue weighted by Gasteiger charge is 2.49. The molecule has 1 nitrogen and oxygen atoms in total. The molecule has 3 fully saturated rings. The van der Waals surface area contributed by atoms with E-state index in [1.807, 2.05) is 27.7 Å². The van der Waals surface area contributed by atoms with E-state index < -0.39 is 5.60 Å². The summed E-state index contributed by atoms with van der Waals surface area (Å²) < 4.78 is 0. The van der Waals surface area contributed by atoms with Crippen LogP contribution in [0.3, 0.4) is 0 Å². The fraction of sp³-hybridized carbons (Fsp3) is 0.667. The Morgan fingerprint density at radius 2 is 1.81 bits per heavy atom. The van der Waals surface area contributed by atoms with E-state index in [-0.39, 0.29) is 5.41 Å². The molecule has 3 aliphatic rings. The second-order valence-corrected chi connectivity index (χ2v) is 10.3. The van der Waals surface area contributed by atoms with Crippen molar-refractivity contribution < 1.29 is 5.11 Å². The van der Waals surface area contributed by atoms with Crippen LogP contribution in [0.15, 0.2) is 60.3 Å². The van der Waals surface area contributed by atoms with Crippen LogP contribution in [0.4, 0.5) is 0 Å². The summed E-state index contributed by atoms with van der Waals surface area (Å²) in [6.45, 7) is 16.4. The van der Waals surface area contributed by atoms with E-state index in [0.717, 1.165) is 19.3 Å². The van der Waals surface area contributed by atoms with Gasteiger partial charge in [0.15, 0.2) is 0 Å². The number of hydrogen-bond donors (Lipinski definition) is 1. The predicted octanol–water partition coefficient (Wildman–Crippen LogP) is 8.88. The van der Waals surface area contributed by atoms with Gasteiger partial charge in [0, 0.05) is 5.41 Å². The maximum Gasteiger partial charge on any atom is 0.0591 e. The Labute approximate surface area is 193 Å². The van der Waals surface area contributed by atoms with E-state index in [1.54, 1.807) is 5.57 Å². The Bertz CT molecular complexity index is 684. The number of rotatable bonds is 7. The van der Waals surface area contributed by atoms with Crippen molar-refractivity contribution in [2.75, 3.05) is 0 Å². The van der Waals surface area contributed by atoms with Crippen molar-refractivity contribution >= 4 is 0 Å². The first-order valence-corrected chi connectivity index (χ1v) is 13.0. The van der Waals surface area contributed by atoms with E-state index in [0.29, 0.717) is 11.8 Å². The van der Waals surface area contributed by atoms with Gasteiger partial charge in [-0.05, 0) is 108 Å². The fourth-order valence-corrected chi connectivity index (χ4v) is 5.99. The molecule has 0 heterocycles. The van der Waals surface area contributed by atoms with E-state index >= 15 is 0 Å². The highest BCUT2D eigenvalue weighted by molar-refractivity contribution is 5.36. The van der Waals surface area contributed by atoms with Crippen LogP contribution in [0.5, 0.6) is 0 Å². The van der Waals surface area contributed by atoms with Gasteiger partial charge in [-0.15, -0.1) is 6.58 Å². The summed E-state index contributed by atoms with van der Waals surface area (Å²) in [6, 6.07) is 0. The average molecular weight is 425 g/mol. The van der Waals surface area contributed by atoms with Crippen LogP contribution in [0.1, 0.15) is 105 Å². The van der Waals surface area contributed by atoms with Gasteiger partial charge in [0.05, 0.1) is 5.60 Å². The molecule has 31 heavy (non-hydrogen) atoms. The first kappa shape index (κ1) is 25.9. The van der Waals surface area contributed by atoms with E-state index in [1.165, 1.54) is 68.9 Å².